The summed E-state index contributed by atoms with van der Waals surface area (Å²) >= 11 is 0. The lowest BCUT2D eigenvalue weighted by molar-refractivity contribution is 0.352. The van der Waals surface area contributed by atoms with Crippen LogP contribution in [0.3, 0.4) is 0 Å². The first kappa shape index (κ1) is 17.3. The number of benzene rings is 1. The van der Waals surface area contributed by atoms with E-state index in [-0.39, 0.29) is 0 Å². The van der Waals surface area contributed by atoms with E-state index in [9.17, 15) is 5.11 Å². The third-order valence-electron chi connectivity index (χ3n) is 5.84. The molecule has 5 heteroatoms. The molecule has 0 amide bonds. The molecule has 2 aromatic rings. The lowest BCUT2D eigenvalue weighted by atomic mass is 9.83. The number of nitrogens with one attached hydrogen (secondary N) is 1. The van der Waals surface area contributed by atoms with Crippen molar-refractivity contribution in [3.05, 3.63) is 47.8 Å². The molecule has 0 saturated carbocycles. The average Bonchev–Trinajstić information content (AvgIpc) is 2.69. The molecule has 0 spiro atoms. The van der Waals surface area contributed by atoms with Crippen LogP contribution in [0.4, 0.5) is 5.95 Å². The number of aromatic hydroxyl groups is 1. The molecule has 1 fully saturated rings. The number of fused-ring (bicyclic) bond motifs is 1. The molecule has 26 heavy (non-hydrogen) atoms. The van der Waals surface area contributed by atoms with Crippen LogP contribution in [0.2, 0.25) is 0 Å². The number of hydrogen-bond acceptors (Lipinski definition) is 5. The van der Waals surface area contributed by atoms with Crippen LogP contribution in [-0.4, -0.2) is 41.3 Å². The minimum Gasteiger partial charge on any atom is -0.508 e. The fourth-order valence-electron chi connectivity index (χ4n) is 4.28. The number of rotatable bonds is 5. The van der Waals surface area contributed by atoms with Crippen LogP contribution in [-0.2, 0) is 12.8 Å². The summed E-state index contributed by atoms with van der Waals surface area (Å²) in [6.45, 7) is 4.28. The Morgan fingerprint density at radius 2 is 1.77 bits per heavy atom. The Morgan fingerprint density at radius 3 is 2.58 bits per heavy atom. The number of phenolic OH excluding ortho intramolecular Hbond substituents is 1. The number of aromatic nitrogens is 2. The lowest BCUT2D eigenvalue weighted by Crippen LogP contribution is -2.39. The maximum atomic E-state index is 9.70. The van der Waals surface area contributed by atoms with E-state index in [4.69, 9.17) is 0 Å². The number of piperidine rings is 1. The fraction of sp³-hybridized carbons (Fsp3) is 0.524. The van der Waals surface area contributed by atoms with Gasteiger partial charge in [-0.2, -0.15) is 0 Å². The van der Waals surface area contributed by atoms with Crippen LogP contribution in [0.1, 0.15) is 30.4 Å². The summed E-state index contributed by atoms with van der Waals surface area (Å²) in [7, 11) is 0. The van der Waals surface area contributed by atoms with Gasteiger partial charge in [0.1, 0.15) is 5.75 Å². The minimum atomic E-state index is 0.395. The van der Waals surface area contributed by atoms with Crippen molar-refractivity contribution in [2.45, 2.75) is 32.1 Å². The first-order valence-electron chi connectivity index (χ1n) is 9.81. The van der Waals surface area contributed by atoms with E-state index in [1.54, 1.807) is 0 Å². The molecule has 1 atom stereocenters. The van der Waals surface area contributed by atoms with Crippen molar-refractivity contribution in [2.75, 3.05) is 31.1 Å². The molecular formula is C21H28N4O. The second kappa shape index (κ2) is 8.04. The molecular weight excluding hydrogens is 324 g/mol. The van der Waals surface area contributed by atoms with Gasteiger partial charge in [-0.3, -0.25) is 0 Å². The van der Waals surface area contributed by atoms with Gasteiger partial charge in [0.25, 0.3) is 0 Å². The molecule has 2 aliphatic rings. The molecule has 0 bridgehead atoms. The van der Waals surface area contributed by atoms with Crippen molar-refractivity contribution in [1.82, 2.24) is 15.3 Å². The third kappa shape index (κ3) is 4.15. The number of nitrogens with zero attached hydrogens (tertiary/aromatic N) is 3. The summed E-state index contributed by atoms with van der Waals surface area (Å²) in [5, 5.41) is 13.4. The predicted octanol–water partition coefficient (Wildman–Crippen LogP) is 2.79. The van der Waals surface area contributed by atoms with E-state index in [0.717, 1.165) is 50.9 Å². The molecule has 1 unspecified atom stereocenters. The van der Waals surface area contributed by atoms with Crippen LogP contribution < -0.4 is 10.2 Å². The Kier molecular flexibility index (Phi) is 5.34. The molecule has 1 aliphatic heterocycles. The summed E-state index contributed by atoms with van der Waals surface area (Å²) in [6.07, 6.45) is 9.50. The van der Waals surface area contributed by atoms with Gasteiger partial charge in [-0.1, -0.05) is 6.07 Å². The van der Waals surface area contributed by atoms with Crippen molar-refractivity contribution in [3.63, 3.8) is 0 Å². The Hall–Kier alpha value is -2.14. The van der Waals surface area contributed by atoms with Crippen molar-refractivity contribution >= 4 is 5.95 Å². The van der Waals surface area contributed by atoms with Gasteiger partial charge in [0.15, 0.2) is 0 Å². The highest BCUT2D eigenvalue weighted by molar-refractivity contribution is 5.36. The summed E-state index contributed by atoms with van der Waals surface area (Å²) in [5.74, 6) is 2.69. The summed E-state index contributed by atoms with van der Waals surface area (Å²) in [5.41, 5.74) is 2.74. The highest BCUT2D eigenvalue weighted by Crippen LogP contribution is 2.28. The van der Waals surface area contributed by atoms with E-state index in [2.05, 4.69) is 26.3 Å². The molecule has 0 radical (unpaired) electrons. The van der Waals surface area contributed by atoms with Crippen molar-refractivity contribution in [2.24, 2.45) is 11.8 Å². The molecule has 2 N–H and O–H groups in total. The zero-order valence-electron chi connectivity index (χ0n) is 15.3. The smallest absolute Gasteiger partial charge is 0.225 e. The van der Waals surface area contributed by atoms with Crippen molar-refractivity contribution in [3.8, 4) is 5.75 Å². The van der Waals surface area contributed by atoms with E-state index >= 15 is 0 Å². The van der Waals surface area contributed by atoms with Crippen LogP contribution in [0, 0.1) is 11.8 Å². The van der Waals surface area contributed by atoms with Gasteiger partial charge < -0.3 is 15.3 Å². The SMILES string of the molecule is Oc1ccc2c(c1)CC(CNCC1CCN(c3ncccn3)CC1)CC2. The molecule has 1 aromatic carbocycles. The van der Waals surface area contributed by atoms with E-state index in [1.165, 1.54) is 30.4 Å². The van der Waals surface area contributed by atoms with E-state index in [0.29, 0.717) is 11.7 Å². The summed E-state index contributed by atoms with van der Waals surface area (Å²) < 4.78 is 0. The highest BCUT2D eigenvalue weighted by Gasteiger charge is 2.22. The van der Waals surface area contributed by atoms with Gasteiger partial charge in [0, 0.05) is 25.5 Å². The number of aryl methyl sites for hydroxylation is 1. The molecule has 1 saturated heterocycles. The van der Waals surface area contributed by atoms with Gasteiger partial charge >= 0.3 is 0 Å². The number of hydrogen-bond donors (Lipinski definition) is 2. The van der Waals surface area contributed by atoms with Crippen molar-refractivity contribution < 1.29 is 5.11 Å². The Labute approximate surface area is 155 Å². The topological polar surface area (TPSA) is 61.3 Å². The molecule has 5 nitrogen and oxygen atoms in total. The Bertz CT molecular complexity index is 713. The van der Waals surface area contributed by atoms with E-state index in [1.807, 2.05) is 30.6 Å². The first-order valence-corrected chi connectivity index (χ1v) is 9.81. The highest BCUT2D eigenvalue weighted by atomic mass is 16.3. The number of anilines is 1. The minimum absolute atomic E-state index is 0.395. The fourth-order valence-corrected chi connectivity index (χ4v) is 4.28. The molecule has 138 valence electrons. The standard InChI is InChI=1S/C21H28N4O/c26-20-5-4-18-3-2-17(12-19(18)13-20)15-22-14-16-6-10-25(11-7-16)21-23-8-1-9-24-21/h1,4-5,8-9,13,16-17,22,26H,2-3,6-7,10-12,14-15H2. The second-order valence-electron chi connectivity index (χ2n) is 7.70. The van der Waals surface area contributed by atoms with Crippen LogP contribution in [0.15, 0.2) is 36.7 Å². The summed E-state index contributed by atoms with van der Waals surface area (Å²) in [4.78, 5) is 11.0. The molecule has 4 rings (SSSR count). The monoisotopic (exact) mass is 352 g/mol. The second-order valence-corrected chi connectivity index (χ2v) is 7.70. The van der Waals surface area contributed by atoms with Gasteiger partial charge in [-0.15, -0.1) is 0 Å². The van der Waals surface area contributed by atoms with Crippen LogP contribution >= 0.6 is 0 Å². The number of phenols is 1. The van der Waals surface area contributed by atoms with E-state index < -0.39 is 0 Å². The van der Waals surface area contributed by atoms with Gasteiger partial charge in [0.05, 0.1) is 0 Å². The maximum absolute atomic E-state index is 9.70. The lowest BCUT2D eigenvalue weighted by Gasteiger charge is -2.32. The van der Waals surface area contributed by atoms with Crippen LogP contribution in [0.25, 0.3) is 0 Å². The van der Waals surface area contributed by atoms with Gasteiger partial charge in [-0.25, -0.2) is 9.97 Å². The largest absolute Gasteiger partial charge is 0.508 e. The zero-order valence-corrected chi connectivity index (χ0v) is 15.3. The Morgan fingerprint density at radius 1 is 1.00 bits per heavy atom. The van der Waals surface area contributed by atoms with Crippen LogP contribution in [0.5, 0.6) is 5.75 Å². The summed E-state index contributed by atoms with van der Waals surface area (Å²) in [6, 6.07) is 7.71. The molecule has 1 aromatic heterocycles. The third-order valence-corrected chi connectivity index (χ3v) is 5.84. The quantitative estimate of drug-likeness (QED) is 0.866. The normalized spacial score (nSPS) is 20.8. The molecule has 1 aliphatic carbocycles. The van der Waals surface area contributed by atoms with Gasteiger partial charge in [0.2, 0.25) is 5.95 Å². The maximum Gasteiger partial charge on any atom is 0.225 e. The first-order chi connectivity index (χ1) is 12.8. The Balaban J connectivity index is 1.19. The van der Waals surface area contributed by atoms with Crippen molar-refractivity contribution in [1.29, 1.82) is 0 Å². The predicted molar refractivity (Wildman–Crippen MR) is 103 cm³/mol. The molecule has 2 heterocycles. The zero-order chi connectivity index (χ0) is 17.8. The average molecular weight is 352 g/mol. The van der Waals surface area contributed by atoms with Gasteiger partial charge in [-0.05, 0) is 86.4 Å².